The molecule has 0 aliphatic carbocycles. The van der Waals surface area contributed by atoms with Gasteiger partial charge >= 0.3 is 5.97 Å². The van der Waals surface area contributed by atoms with E-state index in [2.05, 4.69) is 27.5 Å². The molecule has 14 heteroatoms. The summed E-state index contributed by atoms with van der Waals surface area (Å²) >= 11 is 12.5. The van der Waals surface area contributed by atoms with Crippen molar-refractivity contribution in [1.82, 2.24) is 25.4 Å². The summed E-state index contributed by atoms with van der Waals surface area (Å²) < 4.78 is 5.42. The monoisotopic (exact) mass is 811 g/mol. The number of H-pyrrole nitrogens is 1. The molecule has 6 rings (SSSR count). The topological polar surface area (TPSA) is 158 Å². The van der Waals surface area contributed by atoms with Crippen molar-refractivity contribution >= 4 is 69.6 Å². The Morgan fingerprint density at radius 3 is 2.47 bits per heavy atom. The predicted molar refractivity (Wildman–Crippen MR) is 215 cm³/mol. The number of carbonyl (C=O) groups is 6. The van der Waals surface area contributed by atoms with E-state index in [-0.39, 0.29) is 67.9 Å². The molecule has 5 amide bonds. The van der Waals surface area contributed by atoms with Gasteiger partial charge in [-0.05, 0) is 88.1 Å². The van der Waals surface area contributed by atoms with E-state index in [1.54, 1.807) is 67.6 Å². The number of esters is 1. The third-order valence-electron chi connectivity index (χ3n) is 9.70. The van der Waals surface area contributed by atoms with Crippen molar-refractivity contribution in [2.24, 2.45) is 0 Å². The molecule has 2 aliphatic rings. The van der Waals surface area contributed by atoms with Crippen LogP contribution in [-0.2, 0) is 37.0 Å². The van der Waals surface area contributed by atoms with Crippen molar-refractivity contribution < 1.29 is 33.5 Å². The average molecular weight is 813 g/mol. The molecule has 2 aliphatic heterocycles. The van der Waals surface area contributed by atoms with Crippen LogP contribution in [-0.4, -0.2) is 68.5 Å². The number of nitrogens with zero attached hydrogens (tertiary/aromatic N) is 2. The number of ether oxygens (including phenoxy) is 1. The van der Waals surface area contributed by atoms with Crippen molar-refractivity contribution in [2.75, 3.05) is 6.61 Å². The first-order chi connectivity index (χ1) is 27.1. The molecule has 2 unspecified atom stereocenters. The highest BCUT2D eigenvalue weighted by Crippen LogP contribution is 2.36. The lowest BCUT2D eigenvalue weighted by Gasteiger charge is -2.34. The minimum absolute atomic E-state index is 0.0131. The second kappa shape index (κ2) is 17.2. The summed E-state index contributed by atoms with van der Waals surface area (Å²) in [5.41, 5.74) is 2.63. The highest BCUT2D eigenvalue weighted by molar-refractivity contribution is 6.31. The fourth-order valence-electron chi connectivity index (χ4n) is 7.15. The van der Waals surface area contributed by atoms with E-state index in [9.17, 15) is 28.8 Å². The molecule has 0 bridgehead atoms. The number of fused-ring (bicyclic) bond motifs is 2. The Kier molecular flexibility index (Phi) is 12.4. The van der Waals surface area contributed by atoms with Crippen LogP contribution in [0.15, 0.2) is 60.7 Å². The minimum Gasteiger partial charge on any atom is -0.461 e. The molecule has 296 valence electrons. The van der Waals surface area contributed by atoms with Crippen molar-refractivity contribution in [3.8, 4) is 11.8 Å². The molecule has 3 aromatic carbocycles. The van der Waals surface area contributed by atoms with Crippen LogP contribution in [0.25, 0.3) is 10.9 Å². The number of rotatable bonds is 11. The number of benzene rings is 3. The summed E-state index contributed by atoms with van der Waals surface area (Å²) in [6.45, 7) is 7.46. The zero-order valence-corrected chi connectivity index (χ0v) is 33.6. The Balaban J connectivity index is 1.29. The van der Waals surface area contributed by atoms with E-state index in [4.69, 9.17) is 27.9 Å². The highest BCUT2D eigenvalue weighted by atomic mass is 35.5. The SMILES string of the molecule is CCOC(=O)c1[nH]c2cc(Cl)ccc2c1C(C(=O)NC(C)(C)C)N(Cc1ccc(Cl)cc1)C(=O)CCCC#Cc1cccc2c1CN(C1CCC(=O)NC1=O)C2=O. The maximum absolute atomic E-state index is 14.5. The van der Waals surface area contributed by atoms with Crippen LogP contribution in [0.4, 0.5) is 0 Å². The third-order valence-corrected chi connectivity index (χ3v) is 10.2. The van der Waals surface area contributed by atoms with Crippen LogP contribution >= 0.6 is 23.2 Å². The summed E-state index contributed by atoms with van der Waals surface area (Å²) in [6.07, 6.45) is 1.07. The normalized spacial score (nSPS) is 15.7. The molecule has 4 aromatic rings. The number of imide groups is 1. The first kappa shape index (κ1) is 41.0. The number of aromatic nitrogens is 1. The van der Waals surface area contributed by atoms with Crippen LogP contribution in [0, 0.1) is 11.8 Å². The van der Waals surface area contributed by atoms with Crippen molar-refractivity contribution in [3.05, 3.63) is 104 Å². The van der Waals surface area contributed by atoms with Gasteiger partial charge in [-0.2, -0.15) is 0 Å². The largest absolute Gasteiger partial charge is 0.461 e. The number of hydrogen-bond acceptors (Lipinski definition) is 7. The zero-order chi connectivity index (χ0) is 41.0. The Bertz CT molecular complexity index is 2320. The average Bonchev–Trinajstić information content (AvgIpc) is 3.69. The van der Waals surface area contributed by atoms with Crippen LogP contribution in [0.1, 0.15) is 109 Å². The van der Waals surface area contributed by atoms with E-state index < -0.39 is 35.4 Å². The number of unbranched alkanes of at least 4 members (excludes halogenated alkanes) is 1. The van der Waals surface area contributed by atoms with Gasteiger partial charge in [-0.3, -0.25) is 29.3 Å². The van der Waals surface area contributed by atoms with Crippen molar-refractivity contribution in [2.45, 2.75) is 90.5 Å². The Morgan fingerprint density at radius 2 is 1.77 bits per heavy atom. The van der Waals surface area contributed by atoms with Gasteiger partial charge in [-0.15, -0.1) is 0 Å². The first-order valence-electron chi connectivity index (χ1n) is 18.7. The van der Waals surface area contributed by atoms with Gasteiger partial charge in [0.25, 0.3) is 5.91 Å². The van der Waals surface area contributed by atoms with Gasteiger partial charge in [-0.1, -0.05) is 59.3 Å². The fraction of sp³-hybridized carbons (Fsp3) is 0.349. The standard InChI is InChI=1S/C43H43Cl2N5O7/c1-5-57-42(56)37-36(30-19-18-28(45)22-32(30)46-37)38(40(54)48-43(2,3)4)50(23-25-14-16-27(44)17-15-25)35(52)13-8-6-7-10-26-11-9-12-29-31(26)24-49(41(29)55)33-20-21-34(51)47-39(33)53/h9,11-12,14-19,22,33,38,46H,5-6,8,13,20-21,23-24H2,1-4H3,(H,48,54)(H,47,51,53). The van der Waals surface area contributed by atoms with Crippen LogP contribution in [0.3, 0.4) is 0 Å². The quantitative estimate of drug-likeness (QED) is 0.0665. The molecular formula is C43H43Cl2N5O7. The van der Waals surface area contributed by atoms with E-state index in [1.807, 2.05) is 20.8 Å². The van der Waals surface area contributed by atoms with Crippen LogP contribution < -0.4 is 10.6 Å². The molecule has 1 saturated heterocycles. The first-order valence-corrected chi connectivity index (χ1v) is 19.5. The molecule has 1 fully saturated rings. The molecule has 1 aromatic heterocycles. The summed E-state index contributed by atoms with van der Waals surface area (Å²) in [7, 11) is 0. The maximum Gasteiger partial charge on any atom is 0.355 e. The number of amides is 5. The second-order valence-corrected chi connectivity index (χ2v) is 15.9. The van der Waals surface area contributed by atoms with Crippen LogP contribution in [0.5, 0.6) is 0 Å². The van der Waals surface area contributed by atoms with Gasteiger partial charge in [0.1, 0.15) is 17.8 Å². The number of hydrogen-bond donors (Lipinski definition) is 3. The van der Waals surface area contributed by atoms with E-state index in [0.717, 1.165) is 0 Å². The van der Waals surface area contributed by atoms with Gasteiger partial charge in [0.15, 0.2) is 0 Å². The number of nitrogens with one attached hydrogen (secondary N) is 3. The lowest BCUT2D eigenvalue weighted by molar-refractivity contribution is -0.142. The summed E-state index contributed by atoms with van der Waals surface area (Å²) in [4.78, 5) is 86.1. The highest BCUT2D eigenvalue weighted by Gasteiger charge is 2.40. The Morgan fingerprint density at radius 1 is 1.04 bits per heavy atom. The van der Waals surface area contributed by atoms with Gasteiger partial charge in [0, 0.05) is 75.5 Å². The molecular weight excluding hydrogens is 769 g/mol. The summed E-state index contributed by atoms with van der Waals surface area (Å²) in [5.74, 6) is 3.62. The maximum atomic E-state index is 14.5. The second-order valence-electron chi connectivity index (χ2n) is 15.0. The molecule has 0 spiro atoms. The number of carbonyl (C=O) groups excluding carboxylic acids is 6. The van der Waals surface area contributed by atoms with Gasteiger partial charge in [0.05, 0.1) is 6.61 Å². The summed E-state index contributed by atoms with van der Waals surface area (Å²) in [6, 6.07) is 15.2. The summed E-state index contributed by atoms with van der Waals surface area (Å²) in [5, 5.41) is 6.79. The molecule has 0 saturated carbocycles. The van der Waals surface area contributed by atoms with Gasteiger partial charge in [0.2, 0.25) is 23.6 Å². The molecule has 12 nitrogen and oxygen atoms in total. The fourth-order valence-corrected chi connectivity index (χ4v) is 7.45. The predicted octanol–water partition coefficient (Wildman–Crippen LogP) is 6.62. The van der Waals surface area contributed by atoms with Crippen molar-refractivity contribution in [1.29, 1.82) is 0 Å². The Labute approximate surface area is 340 Å². The number of piperidine rings is 1. The lowest BCUT2D eigenvalue weighted by atomic mass is 9.97. The van der Waals surface area contributed by atoms with Crippen molar-refractivity contribution in [3.63, 3.8) is 0 Å². The Hall–Kier alpha value is -5.64. The molecule has 0 radical (unpaired) electrons. The lowest BCUT2D eigenvalue weighted by Crippen LogP contribution is -2.52. The van der Waals surface area contributed by atoms with Gasteiger partial charge in [-0.25, -0.2) is 4.79 Å². The smallest absolute Gasteiger partial charge is 0.355 e. The minimum atomic E-state index is -1.27. The molecule has 3 N–H and O–H groups in total. The zero-order valence-electron chi connectivity index (χ0n) is 32.1. The number of halogens is 2. The third kappa shape index (κ3) is 9.33. The van der Waals surface area contributed by atoms with Gasteiger partial charge < -0.3 is 24.8 Å². The van der Waals surface area contributed by atoms with Crippen LogP contribution in [0.2, 0.25) is 10.0 Å². The molecule has 3 heterocycles. The molecule has 57 heavy (non-hydrogen) atoms. The van der Waals surface area contributed by atoms with E-state index >= 15 is 0 Å². The van der Waals surface area contributed by atoms with E-state index in [1.165, 1.54) is 9.80 Å². The van der Waals surface area contributed by atoms with E-state index in [0.29, 0.717) is 56.0 Å². The molecule has 2 atom stereocenters. The number of aromatic amines is 1.